The van der Waals surface area contributed by atoms with Crippen LogP contribution in [0.1, 0.15) is 30.7 Å². The van der Waals surface area contributed by atoms with Crippen LogP contribution >= 0.6 is 0 Å². The number of aryl methyl sites for hydroxylation is 1. The second-order valence-corrected chi connectivity index (χ2v) is 7.23. The molecule has 0 atom stereocenters. The van der Waals surface area contributed by atoms with Crippen LogP contribution in [0.3, 0.4) is 0 Å². The van der Waals surface area contributed by atoms with Gasteiger partial charge in [0.25, 0.3) is 0 Å². The summed E-state index contributed by atoms with van der Waals surface area (Å²) >= 11 is 0. The third kappa shape index (κ3) is 3.76. The summed E-state index contributed by atoms with van der Waals surface area (Å²) in [6, 6.07) is 8.72. The number of fused-ring (bicyclic) bond motifs is 1. The highest BCUT2D eigenvalue weighted by Crippen LogP contribution is 2.28. The molecule has 1 N–H and O–H groups in total. The minimum Gasteiger partial charge on any atom is -0.341 e. The molecule has 1 amide bonds. The molecular weight excluding hydrogens is 312 g/mol. The number of rotatable bonds is 4. The van der Waals surface area contributed by atoms with Gasteiger partial charge in [-0.1, -0.05) is 24.3 Å². The van der Waals surface area contributed by atoms with Gasteiger partial charge in [0.2, 0.25) is 5.91 Å². The molecule has 0 bridgehead atoms. The van der Waals surface area contributed by atoms with Gasteiger partial charge in [-0.3, -0.25) is 14.8 Å². The molecule has 0 fully saturated rings. The molecular formula is C20H28N4O. The lowest BCUT2D eigenvalue weighted by atomic mass is 9.99. The molecule has 0 radical (unpaired) electrons. The molecule has 1 aromatic heterocycles. The van der Waals surface area contributed by atoms with E-state index in [0.29, 0.717) is 12.6 Å². The van der Waals surface area contributed by atoms with Gasteiger partial charge >= 0.3 is 0 Å². The number of aromatic nitrogens is 2. The van der Waals surface area contributed by atoms with Crippen LogP contribution < -0.4 is 0 Å². The Bertz CT molecular complexity index is 750. The number of carbonyl (C=O) groups is 1. The third-order valence-electron chi connectivity index (χ3n) is 5.24. The van der Waals surface area contributed by atoms with E-state index in [1.807, 2.05) is 11.9 Å². The van der Waals surface area contributed by atoms with Crippen molar-refractivity contribution in [3.8, 4) is 11.3 Å². The van der Waals surface area contributed by atoms with Gasteiger partial charge < -0.3 is 4.90 Å². The summed E-state index contributed by atoms with van der Waals surface area (Å²) in [5.74, 6) is 0.215. The number of hydrogen-bond acceptors (Lipinski definition) is 3. The van der Waals surface area contributed by atoms with Gasteiger partial charge in [0.15, 0.2) is 0 Å². The average molecular weight is 340 g/mol. The summed E-state index contributed by atoms with van der Waals surface area (Å²) in [5.41, 5.74) is 5.89. The van der Waals surface area contributed by atoms with E-state index in [2.05, 4.69) is 60.1 Å². The summed E-state index contributed by atoms with van der Waals surface area (Å²) in [7, 11) is 2.00. The average Bonchev–Trinajstić information content (AvgIpc) is 2.85. The summed E-state index contributed by atoms with van der Waals surface area (Å²) in [5, 5.41) is 7.79. The number of nitrogens with one attached hydrogen (secondary N) is 1. The minimum atomic E-state index is 0.215. The van der Waals surface area contributed by atoms with Crippen molar-refractivity contribution in [1.29, 1.82) is 0 Å². The molecule has 0 unspecified atom stereocenters. The first-order valence-corrected chi connectivity index (χ1v) is 9.07. The highest BCUT2D eigenvalue weighted by molar-refractivity contribution is 5.78. The van der Waals surface area contributed by atoms with Crippen molar-refractivity contribution < 1.29 is 4.79 Å². The molecule has 2 aromatic rings. The summed E-state index contributed by atoms with van der Waals surface area (Å²) in [4.78, 5) is 16.7. The molecule has 5 heteroatoms. The van der Waals surface area contributed by atoms with Gasteiger partial charge in [-0.05, 0) is 39.8 Å². The Morgan fingerprint density at radius 1 is 1.28 bits per heavy atom. The quantitative estimate of drug-likeness (QED) is 0.931. The number of likely N-dealkylation sites (N-methyl/N-ethyl adjacent to an activating group) is 1. The number of hydrogen-bond donors (Lipinski definition) is 1. The van der Waals surface area contributed by atoms with Crippen LogP contribution in [-0.2, 0) is 17.6 Å². The van der Waals surface area contributed by atoms with Crippen molar-refractivity contribution >= 4 is 5.91 Å². The molecule has 5 nitrogen and oxygen atoms in total. The molecule has 1 aliphatic rings. The van der Waals surface area contributed by atoms with Gasteiger partial charge in [-0.15, -0.1) is 0 Å². The Hall–Kier alpha value is -2.14. The number of carbonyl (C=O) groups excluding carboxylic acids is 1. The Labute approximate surface area is 150 Å². The third-order valence-corrected chi connectivity index (χ3v) is 5.24. The molecule has 3 rings (SSSR count). The molecule has 2 heterocycles. The molecule has 0 saturated carbocycles. The molecule has 0 aliphatic carbocycles. The van der Waals surface area contributed by atoms with Crippen molar-refractivity contribution in [1.82, 2.24) is 20.0 Å². The lowest BCUT2D eigenvalue weighted by Crippen LogP contribution is -2.42. The molecule has 134 valence electrons. The van der Waals surface area contributed by atoms with Crippen LogP contribution in [0.15, 0.2) is 24.3 Å². The second kappa shape index (κ2) is 7.40. The van der Waals surface area contributed by atoms with Crippen LogP contribution in [0.25, 0.3) is 11.3 Å². The number of benzene rings is 1. The molecule has 0 spiro atoms. The van der Waals surface area contributed by atoms with Gasteiger partial charge in [0.05, 0.1) is 12.2 Å². The maximum Gasteiger partial charge on any atom is 0.236 e. The van der Waals surface area contributed by atoms with Crippen LogP contribution in [-0.4, -0.2) is 58.6 Å². The van der Waals surface area contributed by atoms with E-state index >= 15 is 0 Å². The maximum absolute atomic E-state index is 12.6. The van der Waals surface area contributed by atoms with Gasteiger partial charge in [0.1, 0.15) is 0 Å². The van der Waals surface area contributed by atoms with Gasteiger partial charge in [0, 0.05) is 42.4 Å². The van der Waals surface area contributed by atoms with E-state index in [-0.39, 0.29) is 5.91 Å². The Morgan fingerprint density at radius 2 is 2.00 bits per heavy atom. The van der Waals surface area contributed by atoms with Crippen molar-refractivity contribution in [2.24, 2.45) is 0 Å². The van der Waals surface area contributed by atoms with E-state index in [1.165, 1.54) is 22.4 Å². The maximum atomic E-state index is 12.6. The van der Waals surface area contributed by atoms with Crippen molar-refractivity contribution in [2.45, 2.75) is 39.7 Å². The van der Waals surface area contributed by atoms with Crippen LogP contribution in [0.5, 0.6) is 0 Å². The number of amides is 1. The number of aromatic amines is 1. The van der Waals surface area contributed by atoms with Crippen molar-refractivity contribution in [2.75, 3.05) is 26.7 Å². The van der Waals surface area contributed by atoms with Crippen molar-refractivity contribution in [3.05, 3.63) is 41.1 Å². The predicted octanol–water partition coefficient (Wildman–Crippen LogP) is 2.65. The zero-order valence-corrected chi connectivity index (χ0v) is 15.7. The molecule has 25 heavy (non-hydrogen) atoms. The predicted molar refractivity (Wildman–Crippen MR) is 101 cm³/mol. The Balaban J connectivity index is 1.75. The lowest BCUT2D eigenvalue weighted by Gasteiger charge is -2.26. The Kier molecular flexibility index (Phi) is 5.23. The number of nitrogens with zero attached hydrogens (tertiary/aromatic N) is 3. The standard InChI is InChI=1S/C20H28N4O/c1-14(2)23(4)13-19(25)24-11-9-17-18(10-12-24)21-22-20(17)16-8-6-5-7-15(16)3/h5-8,14H,9-13H2,1-4H3,(H,21,22). The highest BCUT2D eigenvalue weighted by atomic mass is 16.2. The SMILES string of the molecule is Cc1ccccc1-c1n[nH]c2c1CCN(C(=O)CN(C)C(C)C)CC2. The summed E-state index contributed by atoms with van der Waals surface area (Å²) in [6.45, 7) is 8.34. The van der Waals surface area contributed by atoms with E-state index in [0.717, 1.165) is 31.6 Å². The fourth-order valence-electron chi connectivity index (χ4n) is 3.29. The van der Waals surface area contributed by atoms with E-state index in [9.17, 15) is 4.79 Å². The van der Waals surface area contributed by atoms with Crippen LogP contribution in [0.4, 0.5) is 0 Å². The van der Waals surface area contributed by atoms with E-state index in [4.69, 9.17) is 0 Å². The zero-order chi connectivity index (χ0) is 18.0. The first kappa shape index (κ1) is 17.7. The number of H-pyrrole nitrogens is 1. The molecule has 0 saturated heterocycles. The molecule has 1 aliphatic heterocycles. The van der Waals surface area contributed by atoms with Gasteiger partial charge in [-0.2, -0.15) is 5.10 Å². The van der Waals surface area contributed by atoms with Gasteiger partial charge in [-0.25, -0.2) is 0 Å². The zero-order valence-electron chi connectivity index (χ0n) is 15.7. The highest BCUT2D eigenvalue weighted by Gasteiger charge is 2.24. The summed E-state index contributed by atoms with van der Waals surface area (Å²) < 4.78 is 0. The minimum absolute atomic E-state index is 0.215. The summed E-state index contributed by atoms with van der Waals surface area (Å²) in [6.07, 6.45) is 1.69. The fourth-order valence-corrected chi connectivity index (χ4v) is 3.29. The topological polar surface area (TPSA) is 52.2 Å². The first-order valence-electron chi connectivity index (χ1n) is 9.07. The smallest absolute Gasteiger partial charge is 0.236 e. The van der Waals surface area contributed by atoms with Crippen LogP contribution in [0.2, 0.25) is 0 Å². The lowest BCUT2D eigenvalue weighted by molar-refractivity contribution is -0.132. The van der Waals surface area contributed by atoms with E-state index in [1.54, 1.807) is 0 Å². The normalized spacial score (nSPS) is 14.7. The van der Waals surface area contributed by atoms with Crippen LogP contribution in [0, 0.1) is 6.92 Å². The monoisotopic (exact) mass is 340 g/mol. The second-order valence-electron chi connectivity index (χ2n) is 7.23. The van der Waals surface area contributed by atoms with Crippen molar-refractivity contribution in [3.63, 3.8) is 0 Å². The first-order chi connectivity index (χ1) is 12.0. The Morgan fingerprint density at radius 3 is 2.72 bits per heavy atom. The van der Waals surface area contributed by atoms with E-state index < -0.39 is 0 Å². The largest absolute Gasteiger partial charge is 0.341 e. The molecule has 1 aromatic carbocycles. The fraction of sp³-hybridized carbons (Fsp3) is 0.500.